The lowest BCUT2D eigenvalue weighted by Crippen LogP contribution is -2.47. The molecule has 8 nitrogen and oxygen atoms in total. The number of aryl methyl sites for hydroxylation is 1. The Bertz CT molecular complexity index is 1090. The summed E-state index contributed by atoms with van der Waals surface area (Å²) in [5.74, 6) is -1.25. The second-order valence-electron chi connectivity index (χ2n) is 8.74. The summed E-state index contributed by atoms with van der Waals surface area (Å²) < 4.78 is 0. The molecule has 5 amide bonds. The molecule has 1 aliphatic carbocycles. The van der Waals surface area contributed by atoms with Crippen LogP contribution >= 0.6 is 0 Å². The molecule has 2 aromatic carbocycles. The van der Waals surface area contributed by atoms with Gasteiger partial charge in [-0.2, -0.15) is 0 Å². The van der Waals surface area contributed by atoms with Crippen molar-refractivity contribution in [2.75, 3.05) is 17.2 Å². The highest BCUT2D eigenvalue weighted by atomic mass is 16.2. The number of hydrogen-bond acceptors (Lipinski definition) is 4. The van der Waals surface area contributed by atoms with E-state index >= 15 is 0 Å². The number of rotatable bonds is 5. The molecule has 172 valence electrons. The fourth-order valence-corrected chi connectivity index (χ4v) is 4.54. The molecule has 8 heteroatoms. The van der Waals surface area contributed by atoms with Crippen molar-refractivity contribution in [3.8, 4) is 0 Å². The monoisotopic (exact) mass is 448 g/mol. The van der Waals surface area contributed by atoms with Crippen LogP contribution in [-0.4, -0.2) is 40.7 Å². The number of carbonyl (C=O) groups is 4. The number of benzene rings is 2. The van der Waals surface area contributed by atoms with Gasteiger partial charge in [0.1, 0.15) is 12.1 Å². The van der Waals surface area contributed by atoms with Crippen LogP contribution in [0.15, 0.2) is 48.5 Å². The molecule has 1 aliphatic heterocycles. The van der Waals surface area contributed by atoms with E-state index in [0.717, 1.165) is 36.1 Å². The van der Waals surface area contributed by atoms with Crippen LogP contribution in [0.3, 0.4) is 0 Å². The number of anilines is 2. The highest BCUT2D eigenvalue weighted by molar-refractivity contribution is 6.12. The van der Waals surface area contributed by atoms with Gasteiger partial charge < -0.3 is 16.0 Å². The molecule has 0 unspecified atom stereocenters. The topological polar surface area (TPSA) is 108 Å². The molecule has 2 aliphatic rings. The first-order valence-corrected chi connectivity index (χ1v) is 11.3. The third-order valence-electron chi connectivity index (χ3n) is 6.23. The maximum Gasteiger partial charge on any atom is 0.325 e. The molecule has 0 aromatic heterocycles. The minimum Gasteiger partial charge on any atom is -0.324 e. The second-order valence-corrected chi connectivity index (χ2v) is 8.74. The summed E-state index contributed by atoms with van der Waals surface area (Å²) in [7, 11) is 0. The van der Waals surface area contributed by atoms with Crippen LogP contribution in [0.5, 0.6) is 0 Å². The third kappa shape index (κ3) is 4.89. The quantitative estimate of drug-likeness (QED) is 0.604. The molecule has 3 N–H and O–H groups in total. The van der Waals surface area contributed by atoms with E-state index in [-0.39, 0.29) is 17.4 Å². The number of amides is 5. The molecule has 4 rings (SSSR count). The SMILES string of the molecule is Cc1cccc(NC(=O)c2ccccc2NC(=O)CN2C(=O)NC3(CCCCCC3)C2=O)c1. The molecule has 1 spiro atoms. The standard InChI is InChI=1S/C25H28N4O4/c1-17-9-8-10-18(15-17)26-22(31)19-11-4-5-12-20(19)27-21(30)16-29-23(32)25(28-24(29)33)13-6-2-3-7-14-25/h4-5,8-12,15H,2-3,6-7,13-14,16H2,1H3,(H,26,31)(H,27,30)(H,28,33). The normalized spacial score (nSPS) is 17.4. The van der Waals surface area contributed by atoms with Gasteiger partial charge in [0.15, 0.2) is 0 Å². The second kappa shape index (κ2) is 9.44. The van der Waals surface area contributed by atoms with Crippen molar-refractivity contribution >= 4 is 35.1 Å². The van der Waals surface area contributed by atoms with Gasteiger partial charge >= 0.3 is 6.03 Å². The average Bonchev–Trinajstić information content (AvgIpc) is 2.93. The van der Waals surface area contributed by atoms with Crippen molar-refractivity contribution < 1.29 is 19.2 Å². The molecule has 2 aromatic rings. The molecule has 33 heavy (non-hydrogen) atoms. The zero-order chi connectivity index (χ0) is 23.4. The summed E-state index contributed by atoms with van der Waals surface area (Å²) in [4.78, 5) is 52.1. The van der Waals surface area contributed by atoms with Crippen molar-refractivity contribution in [2.24, 2.45) is 0 Å². The van der Waals surface area contributed by atoms with Crippen molar-refractivity contribution in [3.05, 3.63) is 59.7 Å². The molecule has 1 saturated heterocycles. The first-order valence-electron chi connectivity index (χ1n) is 11.3. The number of imide groups is 1. The van der Waals surface area contributed by atoms with Crippen LogP contribution < -0.4 is 16.0 Å². The highest BCUT2D eigenvalue weighted by Crippen LogP contribution is 2.32. The molecule has 0 bridgehead atoms. The van der Waals surface area contributed by atoms with Crippen LogP contribution in [0.4, 0.5) is 16.2 Å². The minimum atomic E-state index is -0.889. The first kappa shape index (κ1) is 22.5. The van der Waals surface area contributed by atoms with Gasteiger partial charge in [0.05, 0.1) is 11.3 Å². The van der Waals surface area contributed by atoms with E-state index in [1.54, 1.807) is 30.3 Å². The summed E-state index contributed by atoms with van der Waals surface area (Å²) >= 11 is 0. The molecule has 2 fully saturated rings. The van der Waals surface area contributed by atoms with Crippen molar-refractivity contribution in [3.63, 3.8) is 0 Å². The van der Waals surface area contributed by atoms with Crippen LogP contribution in [0.25, 0.3) is 0 Å². The largest absolute Gasteiger partial charge is 0.325 e. The fraction of sp³-hybridized carbons (Fsp3) is 0.360. The maximum atomic E-state index is 13.0. The first-order chi connectivity index (χ1) is 15.9. The molecule has 1 heterocycles. The minimum absolute atomic E-state index is 0.282. The van der Waals surface area contributed by atoms with Gasteiger partial charge in [-0.15, -0.1) is 0 Å². The molecule has 0 radical (unpaired) electrons. The molecular formula is C25H28N4O4. The van der Waals surface area contributed by atoms with E-state index in [1.807, 2.05) is 25.1 Å². The van der Waals surface area contributed by atoms with E-state index in [1.165, 1.54) is 0 Å². The molecule has 0 atom stereocenters. The van der Waals surface area contributed by atoms with Crippen molar-refractivity contribution in [1.29, 1.82) is 0 Å². The number of urea groups is 1. The van der Waals surface area contributed by atoms with Gasteiger partial charge in [-0.05, 0) is 49.6 Å². The Balaban J connectivity index is 1.44. The Labute approximate surface area is 192 Å². The van der Waals surface area contributed by atoms with Gasteiger partial charge in [-0.3, -0.25) is 19.3 Å². The summed E-state index contributed by atoms with van der Waals surface area (Å²) in [6.45, 7) is 1.53. The predicted molar refractivity (Wildman–Crippen MR) is 125 cm³/mol. The van der Waals surface area contributed by atoms with E-state index in [0.29, 0.717) is 24.2 Å². The van der Waals surface area contributed by atoms with Gasteiger partial charge in [-0.25, -0.2) is 4.79 Å². The summed E-state index contributed by atoms with van der Waals surface area (Å²) in [6, 6.07) is 13.5. The lowest BCUT2D eigenvalue weighted by atomic mass is 9.90. The van der Waals surface area contributed by atoms with Crippen LogP contribution in [0, 0.1) is 6.92 Å². The van der Waals surface area contributed by atoms with E-state index in [9.17, 15) is 19.2 Å². The Hall–Kier alpha value is -3.68. The van der Waals surface area contributed by atoms with Gasteiger partial charge in [0, 0.05) is 5.69 Å². The van der Waals surface area contributed by atoms with E-state index in [4.69, 9.17) is 0 Å². The number of nitrogens with one attached hydrogen (secondary N) is 3. The fourth-order valence-electron chi connectivity index (χ4n) is 4.54. The van der Waals surface area contributed by atoms with Crippen molar-refractivity contribution in [2.45, 2.75) is 51.0 Å². The van der Waals surface area contributed by atoms with Crippen LogP contribution in [0.1, 0.15) is 54.4 Å². The summed E-state index contributed by atoms with van der Waals surface area (Å²) in [5, 5.41) is 8.35. The number of nitrogens with zero attached hydrogens (tertiary/aromatic N) is 1. The smallest absolute Gasteiger partial charge is 0.324 e. The highest BCUT2D eigenvalue weighted by Gasteiger charge is 2.51. The Kier molecular flexibility index (Phi) is 6.44. The number of para-hydroxylation sites is 1. The zero-order valence-electron chi connectivity index (χ0n) is 18.6. The number of hydrogen-bond donors (Lipinski definition) is 3. The third-order valence-corrected chi connectivity index (χ3v) is 6.23. The maximum absolute atomic E-state index is 13.0. The lowest BCUT2D eigenvalue weighted by Gasteiger charge is -2.24. The van der Waals surface area contributed by atoms with Gasteiger partial charge in [0.2, 0.25) is 5.91 Å². The Morgan fingerprint density at radius 1 is 0.970 bits per heavy atom. The van der Waals surface area contributed by atoms with Crippen LogP contribution in [0.2, 0.25) is 0 Å². The predicted octanol–water partition coefficient (Wildman–Crippen LogP) is 3.83. The van der Waals surface area contributed by atoms with Gasteiger partial charge in [0.25, 0.3) is 11.8 Å². The Morgan fingerprint density at radius 2 is 1.70 bits per heavy atom. The average molecular weight is 449 g/mol. The van der Waals surface area contributed by atoms with E-state index < -0.39 is 24.0 Å². The van der Waals surface area contributed by atoms with Crippen LogP contribution in [-0.2, 0) is 9.59 Å². The molecule has 1 saturated carbocycles. The lowest BCUT2D eigenvalue weighted by molar-refractivity contribution is -0.134. The molecular weight excluding hydrogens is 420 g/mol. The number of carbonyl (C=O) groups excluding carboxylic acids is 4. The van der Waals surface area contributed by atoms with Gasteiger partial charge in [-0.1, -0.05) is 49.9 Å². The van der Waals surface area contributed by atoms with E-state index in [2.05, 4.69) is 16.0 Å². The summed E-state index contributed by atoms with van der Waals surface area (Å²) in [6.07, 6.45) is 5.00. The summed E-state index contributed by atoms with van der Waals surface area (Å²) in [5.41, 5.74) is 1.36. The zero-order valence-corrected chi connectivity index (χ0v) is 18.6. The Morgan fingerprint density at radius 3 is 2.42 bits per heavy atom. The van der Waals surface area contributed by atoms with Crippen molar-refractivity contribution in [1.82, 2.24) is 10.2 Å².